The lowest BCUT2D eigenvalue weighted by Gasteiger charge is -2.21. The summed E-state index contributed by atoms with van der Waals surface area (Å²) in [6.07, 6.45) is 4.19. The fraction of sp³-hybridized carbons (Fsp3) is 0.562. The number of rotatable bonds is 7. The second kappa shape index (κ2) is 9.34. The maximum atomic E-state index is 13.0. The van der Waals surface area contributed by atoms with E-state index in [1.807, 2.05) is 6.07 Å². The fourth-order valence-corrected chi connectivity index (χ4v) is 2.07. The highest BCUT2D eigenvalue weighted by Crippen LogP contribution is 2.05. The van der Waals surface area contributed by atoms with Crippen LogP contribution in [-0.4, -0.2) is 38.0 Å². The number of guanidine groups is 1. The van der Waals surface area contributed by atoms with Gasteiger partial charge in [0.15, 0.2) is 5.96 Å². The predicted molar refractivity (Wildman–Crippen MR) is 83.6 cm³/mol. The third kappa shape index (κ3) is 6.04. The van der Waals surface area contributed by atoms with Gasteiger partial charge in [-0.1, -0.05) is 25.5 Å². The zero-order chi connectivity index (χ0) is 14.8. The molecule has 0 amide bonds. The number of unbranched alkanes of at least 4 members (excludes halogenated alkanes) is 1. The van der Waals surface area contributed by atoms with E-state index in [1.54, 1.807) is 19.2 Å². The molecule has 20 heavy (non-hydrogen) atoms. The molecular formula is C16H26FN3. The predicted octanol–water partition coefficient (Wildman–Crippen LogP) is 3.07. The molecule has 1 aromatic carbocycles. The molecule has 1 N–H and O–H groups in total. The second-order valence-corrected chi connectivity index (χ2v) is 4.98. The van der Waals surface area contributed by atoms with Crippen LogP contribution in [0.5, 0.6) is 0 Å². The molecule has 4 heteroatoms. The van der Waals surface area contributed by atoms with Crippen molar-refractivity contribution in [2.75, 3.05) is 27.2 Å². The Kier molecular flexibility index (Phi) is 7.70. The molecule has 112 valence electrons. The van der Waals surface area contributed by atoms with E-state index in [0.717, 1.165) is 37.5 Å². The molecule has 0 radical (unpaired) electrons. The summed E-state index contributed by atoms with van der Waals surface area (Å²) in [5, 5.41) is 3.35. The SMILES string of the molecule is CCCCN(C)C(=NC)NCCCc1cccc(F)c1. The Morgan fingerprint density at radius 1 is 1.35 bits per heavy atom. The van der Waals surface area contributed by atoms with Gasteiger partial charge in [0.05, 0.1) is 0 Å². The van der Waals surface area contributed by atoms with Crippen LogP contribution in [-0.2, 0) is 6.42 Å². The molecule has 0 atom stereocenters. The van der Waals surface area contributed by atoms with Gasteiger partial charge in [0.1, 0.15) is 5.82 Å². The molecule has 0 aromatic heterocycles. The normalized spacial score (nSPS) is 11.5. The maximum Gasteiger partial charge on any atom is 0.193 e. The van der Waals surface area contributed by atoms with Crippen LogP contribution in [0, 0.1) is 5.82 Å². The van der Waals surface area contributed by atoms with Crippen LogP contribution in [0.15, 0.2) is 29.3 Å². The first-order valence-corrected chi connectivity index (χ1v) is 7.33. The summed E-state index contributed by atoms with van der Waals surface area (Å²) in [5.74, 6) is 0.767. The van der Waals surface area contributed by atoms with E-state index in [1.165, 1.54) is 18.9 Å². The topological polar surface area (TPSA) is 27.6 Å². The van der Waals surface area contributed by atoms with Gasteiger partial charge in [-0.25, -0.2) is 4.39 Å². The Labute approximate surface area is 121 Å². The second-order valence-electron chi connectivity index (χ2n) is 4.98. The number of hydrogen-bond acceptors (Lipinski definition) is 1. The van der Waals surface area contributed by atoms with Crippen molar-refractivity contribution in [2.45, 2.75) is 32.6 Å². The van der Waals surface area contributed by atoms with E-state index < -0.39 is 0 Å². The largest absolute Gasteiger partial charge is 0.356 e. The minimum absolute atomic E-state index is 0.162. The minimum Gasteiger partial charge on any atom is -0.356 e. The lowest BCUT2D eigenvalue weighted by atomic mass is 10.1. The molecule has 1 rings (SSSR count). The van der Waals surface area contributed by atoms with Crippen LogP contribution >= 0.6 is 0 Å². The average Bonchev–Trinajstić information content (AvgIpc) is 2.45. The standard InChI is InChI=1S/C16H26FN3/c1-4-5-12-20(3)16(18-2)19-11-7-9-14-8-6-10-15(17)13-14/h6,8,10,13H,4-5,7,9,11-12H2,1-3H3,(H,18,19). The molecular weight excluding hydrogens is 253 g/mol. The Bertz CT molecular complexity index is 418. The summed E-state index contributed by atoms with van der Waals surface area (Å²) in [7, 11) is 3.86. The van der Waals surface area contributed by atoms with Gasteiger partial charge in [-0.05, 0) is 37.0 Å². The molecule has 0 aliphatic carbocycles. The average molecular weight is 279 g/mol. The summed E-state index contributed by atoms with van der Waals surface area (Å²) in [6.45, 7) is 4.04. The fourth-order valence-electron chi connectivity index (χ4n) is 2.07. The van der Waals surface area contributed by atoms with Crippen LogP contribution in [0.3, 0.4) is 0 Å². The molecule has 0 spiro atoms. The van der Waals surface area contributed by atoms with Crippen molar-refractivity contribution < 1.29 is 4.39 Å². The molecule has 0 aliphatic heterocycles. The number of benzene rings is 1. The van der Waals surface area contributed by atoms with E-state index in [-0.39, 0.29) is 5.82 Å². The summed E-state index contributed by atoms with van der Waals surface area (Å²) in [4.78, 5) is 6.42. The van der Waals surface area contributed by atoms with Crippen LogP contribution in [0.1, 0.15) is 31.7 Å². The third-order valence-corrected chi connectivity index (χ3v) is 3.23. The number of nitrogens with one attached hydrogen (secondary N) is 1. The van der Waals surface area contributed by atoms with Crippen molar-refractivity contribution >= 4 is 5.96 Å². The van der Waals surface area contributed by atoms with Crippen LogP contribution in [0.4, 0.5) is 4.39 Å². The number of hydrogen-bond donors (Lipinski definition) is 1. The van der Waals surface area contributed by atoms with Crippen LogP contribution < -0.4 is 5.32 Å². The molecule has 0 saturated carbocycles. The maximum absolute atomic E-state index is 13.0. The van der Waals surface area contributed by atoms with E-state index in [4.69, 9.17) is 0 Å². The first-order chi connectivity index (χ1) is 9.67. The molecule has 0 fully saturated rings. The van der Waals surface area contributed by atoms with Gasteiger partial charge in [0.25, 0.3) is 0 Å². The highest BCUT2D eigenvalue weighted by Gasteiger charge is 2.04. The van der Waals surface area contributed by atoms with Gasteiger partial charge in [-0.15, -0.1) is 0 Å². The monoisotopic (exact) mass is 279 g/mol. The Morgan fingerprint density at radius 3 is 2.80 bits per heavy atom. The van der Waals surface area contributed by atoms with Crippen molar-refractivity contribution in [3.63, 3.8) is 0 Å². The number of halogens is 1. The molecule has 3 nitrogen and oxygen atoms in total. The van der Waals surface area contributed by atoms with Gasteiger partial charge in [0.2, 0.25) is 0 Å². The number of nitrogens with zero attached hydrogens (tertiary/aromatic N) is 2. The summed E-state index contributed by atoms with van der Waals surface area (Å²) in [6, 6.07) is 6.80. The third-order valence-electron chi connectivity index (χ3n) is 3.23. The lowest BCUT2D eigenvalue weighted by molar-refractivity contribution is 0.464. The zero-order valence-electron chi connectivity index (χ0n) is 12.8. The summed E-state index contributed by atoms with van der Waals surface area (Å²) < 4.78 is 13.0. The van der Waals surface area contributed by atoms with Crippen molar-refractivity contribution in [3.05, 3.63) is 35.6 Å². The van der Waals surface area contributed by atoms with E-state index >= 15 is 0 Å². The number of aryl methyl sites for hydroxylation is 1. The van der Waals surface area contributed by atoms with Crippen LogP contribution in [0.2, 0.25) is 0 Å². The zero-order valence-corrected chi connectivity index (χ0v) is 12.8. The molecule has 0 aliphatic rings. The number of aliphatic imine (C=N–C) groups is 1. The molecule has 1 aromatic rings. The molecule has 0 unspecified atom stereocenters. The van der Waals surface area contributed by atoms with Gasteiger partial charge in [-0.3, -0.25) is 4.99 Å². The van der Waals surface area contributed by atoms with Crippen molar-refractivity contribution in [2.24, 2.45) is 4.99 Å². The smallest absolute Gasteiger partial charge is 0.193 e. The van der Waals surface area contributed by atoms with E-state index in [9.17, 15) is 4.39 Å². The van der Waals surface area contributed by atoms with Gasteiger partial charge >= 0.3 is 0 Å². The first kappa shape index (κ1) is 16.5. The van der Waals surface area contributed by atoms with Gasteiger partial charge in [0, 0.05) is 27.2 Å². The van der Waals surface area contributed by atoms with E-state index in [0.29, 0.717) is 0 Å². The minimum atomic E-state index is -0.162. The summed E-state index contributed by atoms with van der Waals surface area (Å²) in [5.41, 5.74) is 1.04. The lowest BCUT2D eigenvalue weighted by Crippen LogP contribution is -2.39. The molecule has 0 heterocycles. The van der Waals surface area contributed by atoms with Gasteiger partial charge < -0.3 is 10.2 Å². The first-order valence-electron chi connectivity index (χ1n) is 7.33. The highest BCUT2D eigenvalue weighted by atomic mass is 19.1. The van der Waals surface area contributed by atoms with E-state index in [2.05, 4.69) is 29.2 Å². The molecule has 0 saturated heterocycles. The quantitative estimate of drug-likeness (QED) is 0.472. The van der Waals surface area contributed by atoms with Crippen molar-refractivity contribution in [1.82, 2.24) is 10.2 Å². The van der Waals surface area contributed by atoms with Gasteiger partial charge in [-0.2, -0.15) is 0 Å². The van der Waals surface area contributed by atoms with Crippen molar-refractivity contribution in [3.8, 4) is 0 Å². The van der Waals surface area contributed by atoms with Crippen LogP contribution in [0.25, 0.3) is 0 Å². The Morgan fingerprint density at radius 2 is 2.15 bits per heavy atom. The Balaban J connectivity index is 2.28. The highest BCUT2D eigenvalue weighted by molar-refractivity contribution is 5.79. The Hall–Kier alpha value is -1.58. The molecule has 0 bridgehead atoms. The van der Waals surface area contributed by atoms with Crippen molar-refractivity contribution in [1.29, 1.82) is 0 Å². The summed E-state index contributed by atoms with van der Waals surface area (Å²) >= 11 is 0.